The van der Waals surface area contributed by atoms with Crippen molar-refractivity contribution < 1.29 is 19.5 Å². The number of aliphatic carboxylic acids is 1. The molecular formula is C12H19N3O4. The topological polar surface area (TPSA) is 90.0 Å². The molecule has 2 rings (SSSR count). The van der Waals surface area contributed by atoms with E-state index in [4.69, 9.17) is 5.11 Å². The predicted molar refractivity (Wildman–Crippen MR) is 66.5 cm³/mol. The minimum atomic E-state index is -0.922. The van der Waals surface area contributed by atoms with Crippen LogP contribution >= 0.6 is 0 Å². The van der Waals surface area contributed by atoms with Crippen LogP contribution in [0.5, 0.6) is 0 Å². The van der Waals surface area contributed by atoms with Crippen molar-refractivity contribution in [2.75, 3.05) is 26.7 Å². The number of nitrogens with zero attached hydrogens (tertiary/aromatic N) is 2. The fourth-order valence-corrected chi connectivity index (χ4v) is 2.77. The molecule has 0 radical (unpaired) electrons. The van der Waals surface area contributed by atoms with Gasteiger partial charge >= 0.3 is 12.0 Å². The molecule has 7 nitrogen and oxygen atoms in total. The molecule has 2 aliphatic rings. The Hall–Kier alpha value is -1.79. The third kappa shape index (κ3) is 2.80. The Morgan fingerprint density at radius 3 is 2.95 bits per heavy atom. The van der Waals surface area contributed by atoms with E-state index in [1.54, 1.807) is 11.9 Å². The van der Waals surface area contributed by atoms with E-state index in [2.05, 4.69) is 5.32 Å². The fourth-order valence-electron chi connectivity index (χ4n) is 2.77. The quantitative estimate of drug-likeness (QED) is 0.737. The van der Waals surface area contributed by atoms with Gasteiger partial charge in [-0.15, -0.1) is 0 Å². The van der Waals surface area contributed by atoms with E-state index in [9.17, 15) is 14.4 Å². The monoisotopic (exact) mass is 269 g/mol. The summed E-state index contributed by atoms with van der Waals surface area (Å²) in [4.78, 5) is 37.5. The molecule has 2 unspecified atom stereocenters. The molecule has 0 spiro atoms. The number of rotatable bonds is 3. The highest BCUT2D eigenvalue weighted by molar-refractivity contribution is 5.84. The Balaban J connectivity index is 1.98. The predicted octanol–water partition coefficient (Wildman–Crippen LogP) is -0.277. The van der Waals surface area contributed by atoms with Crippen LogP contribution < -0.4 is 5.32 Å². The number of likely N-dealkylation sites (tertiary alicyclic amines) is 1. The van der Waals surface area contributed by atoms with E-state index in [0.29, 0.717) is 13.1 Å². The first-order valence-corrected chi connectivity index (χ1v) is 6.52. The molecule has 19 heavy (non-hydrogen) atoms. The Labute approximate surface area is 111 Å². The Morgan fingerprint density at radius 2 is 2.26 bits per heavy atom. The number of piperidine rings is 1. The Kier molecular flexibility index (Phi) is 3.92. The molecule has 0 saturated carbocycles. The van der Waals surface area contributed by atoms with Gasteiger partial charge in [-0.05, 0) is 12.8 Å². The van der Waals surface area contributed by atoms with Crippen LogP contribution in [0.4, 0.5) is 4.79 Å². The van der Waals surface area contributed by atoms with Crippen LogP contribution in [0.1, 0.15) is 19.3 Å². The van der Waals surface area contributed by atoms with Crippen molar-refractivity contribution in [3.05, 3.63) is 0 Å². The lowest BCUT2D eigenvalue weighted by Crippen LogP contribution is -2.53. The highest BCUT2D eigenvalue weighted by Crippen LogP contribution is 2.27. The van der Waals surface area contributed by atoms with E-state index >= 15 is 0 Å². The van der Waals surface area contributed by atoms with Crippen molar-refractivity contribution in [1.82, 2.24) is 15.1 Å². The van der Waals surface area contributed by atoms with Gasteiger partial charge in [-0.25, -0.2) is 4.79 Å². The number of nitrogens with one attached hydrogen (secondary N) is 1. The number of amides is 3. The summed E-state index contributed by atoms with van der Waals surface area (Å²) in [5, 5.41) is 11.4. The highest BCUT2D eigenvalue weighted by atomic mass is 16.4. The van der Waals surface area contributed by atoms with Crippen LogP contribution in [0.3, 0.4) is 0 Å². The molecule has 2 fully saturated rings. The van der Waals surface area contributed by atoms with E-state index in [0.717, 1.165) is 12.8 Å². The molecule has 0 bridgehead atoms. The van der Waals surface area contributed by atoms with Gasteiger partial charge in [-0.1, -0.05) is 0 Å². The Bertz CT molecular complexity index is 398. The van der Waals surface area contributed by atoms with Crippen LogP contribution in [0, 0.1) is 5.92 Å². The number of hydrogen-bond acceptors (Lipinski definition) is 3. The smallest absolute Gasteiger partial charge is 0.320 e. The lowest BCUT2D eigenvalue weighted by molar-refractivity contribution is -0.137. The zero-order valence-electron chi connectivity index (χ0n) is 11.0. The first-order chi connectivity index (χ1) is 9.00. The van der Waals surface area contributed by atoms with E-state index in [-0.39, 0.29) is 36.9 Å². The molecule has 3 amide bonds. The van der Waals surface area contributed by atoms with Gasteiger partial charge in [-0.2, -0.15) is 0 Å². The minimum absolute atomic E-state index is 0.0238. The largest absolute Gasteiger partial charge is 0.481 e. The number of carbonyl (C=O) groups is 3. The average molecular weight is 269 g/mol. The van der Waals surface area contributed by atoms with Gasteiger partial charge < -0.3 is 20.2 Å². The van der Waals surface area contributed by atoms with Gasteiger partial charge in [0.15, 0.2) is 0 Å². The summed E-state index contributed by atoms with van der Waals surface area (Å²) in [5.74, 6) is -1.00. The maximum Gasteiger partial charge on any atom is 0.320 e. The molecule has 0 aromatic carbocycles. The number of carboxylic acid groups (broad SMARTS) is 1. The van der Waals surface area contributed by atoms with Gasteiger partial charge in [0.05, 0.1) is 18.4 Å². The second-order valence-electron chi connectivity index (χ2n) is 5.10. The normalized spacial score (nSPS) is 25.7. The summed E-state index contributed by atoms with van der Waals surface area (Å²) in [7, 11) is 1.60. The third-order valence-corrected chi connectivity index (χ3v) is 3.83. The van der Waals surface area contributed by atoms with E-state index in [1.165, 1.54) is 4.90 Å². The minimum Gasteiger partial charge on any atom is -0.481 e. The van der Waals surface area contributed by atoms with E-state index in [1.807, 2.05) is 0 Å². The van der Waals surface area contributed by atoms with Gasteiger partial charge in [0, 0.05) is 26.7 Å². The molecule has 7 heteroatoms. The van der Waals surface area contributed by atoms with Crippen molar-refractivity contribution in [1.29, 1.82) is 0 Å². The van der Waals surface area contributed by atoms with Gasteiger partial charge in [0.1, 0.15) is 0 Å². The third-order valence-electron chi connectivity index (χ3n) is 3.83. The molecule has 2 heterocycles. The standard InChI is InChI=1S/C12H19N3O4/c1-14(6-4-10(16)17)12(19)15-5-2-3-8-9(15)7-13-11(8)18/h8-9H,2-7H2,1H3,(H,13,18)(H,16,17). The molecule has 0 aliphatic carbocycles. The summed E-state index contributed by atoms with van der Waals surface area (Å²) < 4.78 is 0. The number of carbonyl (C=O) groups excluding carboxylic acids is 2. The van der Waals surface area contributed by atoms with Gasteiger partial charge in [0.25, 0.3) is 0 Å². The van der Waals surface area contributed by atoms with Crippen LogP contribution in [0.25, 0.3) is 0 Å². The lowest BCUT2D eigenvalue weighted by atomic mass is 9.92. The molecule has 2 saturated heterocycles. The lowest BCUT2D eigenvalue weighted by Gasteiger charge is -2.38. The van der Waals surface area contributed by atoms with Crippen LogP contribution in [0.2, 0.25) is 0 Å². The SMILES string of the molecule is CN(CCC(=O)O)C(=O)N1CCCC2C(=O)NCC21. The number of hydrogen-bond donors (Lipinski definition) is 2. The summed E-state index contributed by atoms with van der Waals surface area (Å²) in [6.07, 6.45) is 1.56. The fraction of sp³-hybridized carbons (Fsp3) is 0.750. The summed E-state index contributed by atoms with van der Waals surface area (Å²) >= 11 is 0. The number of carboxylic acids is 1. The second-order valence-corrected chi connectivity index (χ2v) is 5.10. The van der Waals surface area contributed by atoms with Crippen molar-refractivity contribution in [3.8, 4) is 0 Å². The summed E-state index contributed by atoms with van der Waals surface area (Å²) in [5.41, 5.74) is 0. The molecule has 0 aromatic heterocycles. The molecule has 2 aliphatic heterocycles. The van der Waals surface area contributed by atoms with Crippen molar-refractivity contribution in [2.24, 2.45) is 5.92 Å². The zero-order chi connectivity index (χ0) is 14.0. The highest BCUT2D eigenvalue weighted by Gasteiger charge is 2.43. The average Bonchev–Trinajstić information content (AvgIpc) is 2.77. The summed E-state index contributed by atoms with van der Waals surface area (Å²) in [6.45, 7) is 1.32. The first kappa shape index (κ1) is 13.6. The van der Waals surface area contributed by atoms with Crippen LogP contribution in [-0.4, -0.2) is 65.5 Å². The first-order valence-electron chi connectivity index (χ1n) is 6.52. The second kappa shape index (κ2) is 5.46. The molecule has 106 valence electrons. The van der Waals surface area contributed by atoms with Crippen LogP contribution in [-0.2, 0) is 9.59 Å². The number of urea groups is 1. The molecule has 0 aromatic rings. The zero-order valence-corrected chi connectivity index (χ0v) is 11.0. The Morgan fingerprint density at radius 1 is 1.53 bits per heavy atom. The maximum atomic E-state index is 12.3. The van der Waals surface area contributed by atoms with Crippen molar-refractivity contribution in [3.63, 3.8) is 0 Å². The van der Waals surface area contributed by atoms with E-state index < -0.39 is 5.97 Å². The van der Waals surface area contributed by atoms with Gasteiger partial charge in [-0.3, -0.25) is 9.59 Å². The number of fused-ring (bicyclic) bond motifs is 1. The van der Waals surface area contributed by atoms with Gasteiger partial charge in [0.2, 0.25) is 5.91 Å². The van der Waals surface area contributed by atoms with Crippen LogP contribution in [0.15, 0.2) is 0 Å². The summed E-state index contributed by atoms with van der Waals surface area (Å²) in [6, 6.07) is -0.270. The van der Waals surface area contributed by atoms with Crippen molar-refractivity contribution >= 4 is 17.9 Å². The molecule has 2 N–H and O–H groups in total. The maximum absolute atomic E-state index is 12.3. The molecule has 2 atom stereocenters. The van der Waals surface area contributed by atoms with Crippen molar-refractivity contribution in [2.45, 2.75) is 25.3 Å². The molecular weight excluding hydrogens is 250 g/mol.